The van der Waals surface area contributed by atoms with Crippen LogP contribution in [-0.2, 0) is 6.42 Å². The van der Waals surface area contributed by atoms with E-state index in [-0.39, 0.29) is 18.0 Å². The van der Waals surface area contributed by atoms with E-state index in [2.05, 4.69) is 4.98 Å². The van der Waals surface area contributed by atoms with Gasteiger partial charge in [-0.25, -0.2) is 0 Å². The monoisotopic (exact) mass is 227 g/mol. The summed E-state index contributed by atoms with van der Waals surface area (Å²) in [5.41, 5.74) is 2.08. The summed E-state index contributed by atoms with van der Waals surface area (Å²) in [6.07, 6.45) is 0.255. The Morgan fingerprint density at radius 1 is 1.24 bits per heavy atom. The Balaban J connectivity index is 2.17. The molecule has 0 aliphatic heterocycles. The molecule has 0 spiro atoms. The first-order valence-corrected chi connectivity index (χ1v) is 5.40. The van der Waals surface area contributed by atoms with Crippen LogP contribution < -0.4 is 0 Å². The average molecular weight is 227 g/mol. The first-order chi connectivity index (χ1) is 8.15. The summed E-state index contributed by atoms with van der Waals surface area (Å²) in [4.78, 5) is 16.1. The normalized spacial score (nSPS) is 10.2. The van der Waals surface area contributed by atoms with Gasteiger partial charge in [-0.1, -0.05) is 18.2 Å². The zero-order chi connectivity index (χ0) is 12.3. The Labute approximate surface area is 99.8 Å². The van der Waals surface area contributed by atoms with Crippen LogP contribution >= 0.6 is 0 Å². The van der Waals surface area contributed by atoms with Crippen molar-refractivity contribution in [1.82, 2.24) is 4.98 Å². The van der Waals surface area contributed by atoms with Crippen molar-refractivity contribution in [3.63, 3.8) is 0 Å². The zero-order valence-electron chi connectivity index (χ0n) is 9.55. The van der Waals surface area contributed by atoms with Crippen LogP contribution in [-0.4, -0.2) is 15.9 Å². The third kappa shape index (κ3) is 2.91. The summed E-state index contributed by atoms with van der Waals surface area (Å²) in [6.45, 7) is 1.85. The van der Waals surface area contributed by atoms with Gasteiger partial charge in [0.1, 0.15) is 11.4 Å². The van der Waals surface area contributed by atoms with E-state index in [1.165, 1.54) is 0 Å². The van der Waals surface area contributed by atoms with Crippen molar-refractivity contribution in [2.24, 2.45) is 0 Å². The molecule has 0 fully saturated rings. The summed E-state index contributed by atoms with van der Waals surface area (Å²) in [6, 6.07) is 12.1. The number of Topliss-reactive ketones (excluding diaryl/α,β-unsaturated/α-hetero) is 1. The quantitative estimate of drug-likeness (QED) is 0.820. The zero-order valence-corrected chi connectivity index (χ0v) is 9.55. The number of nitrogens with zero attached hydrogens (tertiary/aromatic N) is 1. The largest absolute Gasteiger partial charge is 0.508 e. The van der Waals surface area contributed by atoms with Crippen molar-refractivity contribution in [3.8, 4) is 5.75 Å². The molecular weight excluding hydrogens is 214 g/mol. The lowest BCUT2D eigenvalue weighted by Crippen LogP contribution is -2.06. The maximum Gasteiger partial charge on any atom is 0.185 e. The number of hydrogen-bond acceptors (Lipinski definition) is 3. The van der Waals surface area contributed by atoms with Crippen LogP contribution in [0.4, 0.5) is 0 Å². The van der Waals surface area contributed by atoms with Gasteiger partial charge in [-0.05, 0) is 36.8 Å². The molecule has 17 heavy (non-hydrogen) atoms. The summed E-state index contributed by atoms with van der Waals surface area (Å²) < 4.78 is 0. The van der Waals surface area contributed by atoms with E-state index in [1.54, 1.807) is 24.3 Å². The third-order valence-corrected chi connectivity index (χ3v) is 2.45. The molecule has 86 valence electrons. The van der Waals surface area contributed by atoms with Gasteiger partial charge in [0.2, 0.25) is 0 Å². The molecule has 2 rings (SSSR count). The molecular formula is C14H13NO2. The van der Waals surface area contributed by atoms with Crippen LogP contribution in [0.5, 0.6) is 5.75 Å². The summed E-state index contributed by atoms with van der Waals surface area (Å²) >= 11 is 0. The van der Waals surface area contributed by atoms with Crippen LogP contribution in [0, 0.1) is 6.92 Å². The van der Waals surface area contributed by atoms with Crippen molar-refractivity contribution < 1.29 is 9.90 Å². The SMILES string of the molecule is Cc1cccc(C(=O)Cc2cccc(O)c2)n1. The van der Waals surface area contributed by atoms with Gasteiger partial charge >= 0.3 is 0 Å². The molecule has 1 aromatic heterocycles. The Morgan fingerprint density at radius 3 is 2.71 bits per heavy atom. The molecule has 0 aliphatic rings. The number of hydrogen-bond donors (Lipinski definition) is 1. The summed E-state index contributed by atoms with van der Waals surface area (Å²) in [7, 11) is 0. The van der Waals surface area contributed by atoms with Crippen LogP contribution in [0.3, 0.4) is 0 Å². The van der Waals surface area contributed by atoms with Gasteiger partial charge in [-0.2, -0.15) is 0 Å². The first kappa shape index (κ1) is 11.3. The number of ketones is 1. The van der Waals surface area contributed by atoms with Crippen LogP contribution in [0.2, 0.25) is 0 Å². The number of phenols is 1. The van der Waals surface area contributed by atoms with Gasteiger partial charge in [0.15, 0.2) is 5.78 Å². The molecule has 0 bridgehead atoms. The molecule has 1 N–H and O–H groups in total. The molecule has 1 aromatic carbocycles. The highest BCUT2D eigenvalue weighted by molar-refractivity contribution is 5.95. The minimum Gasteiger partial charge on any atom is -0.508 e. The highest BCUT2D eigenvalue weighted by Gasteiger charge is 2.08. The molecule has 3 nitrogen and oxygen atoms in total. The van der Waals surface area contributed by atoms with Crippen LogP contribution in [0.1, 0.15) is 21.7 Å². The summed E-state index contributed by atoms with van der Waals surface area (Å²) in [5.74, 6) is 0.131. The fourth-order valence-electron chi connectivity index (χ4n) is 1.64. The minimum absolute atomic E-state index is 0.0423. The molecule has 0 unspecified atom stereocenters. The second-order valence-corrected chi connectivity index (χ2v) is 3.93. The van der Waals surface area contributed by atoms with E-state index in [1.807, 2.05) is 25.1 Å². The van der Waals surface area contributed by atoms with Crippen LogP contribution in [0.15, 0.2) is 42.5 Å². The fraction of sp³-hybridized carbons (Fsp3) is 0.143. The van der Waals surface area contributed by atoms with E-state index in [4.69, 9.17) is 0 Å². The first-order valence-electron chi connectivity index (χ1n) is 5.40. The smallest absolute Gasteiger partial charge is 0.185 e. The number of benzene rings is 1. The minimum atomic E-state index is -0.0423. The molecule has 0 aliphatic carbocycles. The van der Waals surface area contributed by atoms with Crippen molar-refractivity contribution in [2.75, 3.05) is 0 Å². The van der Waals surface area contributed by atoms with Gasteiger partial charge in [-0.3, -0.25) is 9.78 Å². The van der Waals surface area contributed by atoms with E-state index >= 15 is 0 Å². The van der Waals surface area contributed by atoms with E-state index in [0.29, 0.717) is 5.69 Å². The number of pyridine rings is 1. The standard InChI is InChI=1S/C14H13NO2/c1-10-4-2-7-13(15-10)14(17)9-11-5-3-6-12(16)8-11/h2-8,16H,9H2,1H3. The van der Waals surface area contributed by atoms with Crippen molar-refractivity contribution >= 4 is 5.78 Å². The molecule has 1 heterocycles. The topological polar surface area (TPSA) is 50.2 Å². The number of phenolic OH excluding ortho intramolecular Hbond substituents is 1. The van der Waals surface area contributed by atoms with E-state index in [0.717, 1.165) is 11.3 Å². The lowest BCUT2D eigenvalue weighted by molar-refractivity contribution is 0.0988. The molecule has 0 saturated heterocycles. The predicted molar refractivity (Wildman–Crippen MR) is 65.1 cm³/mol. The molecule has 0 amide bonds. The maximum atomic E-state index is 11.9. The predicted octanol–water partition coefficient (Wildman–Crippen LogP) is 2.52. The maximum absolute atomic E-state index is 11.9. The lowest BCUT2D eigenvalue weighted by Gasteiger charge is -2.02. The lowest BCUT2D eigenvalue weighted by atomic mass is 10.1. The number of rotatable bonds is 3. The summed E-state index contributed by atoms with van der Waals surface area (Å²) in [5, 5.41) is 9.31. The Hall–Kier alpha value is -2.16. The molecule has 2 aromatic rings. The number of carbonyl (C=O) groups is 1. The molecule has 0 atom stereocenters. The number of aryl methyl sites for hydroxylation is 1. The number of aromatic nitrogens is 1. The second kappa shape index (κ2) is 4.78. The van der Waals surface area contributed by atoms with Gasteiger partial charge < -0.3 is 5.11 Å². The number of aromatic hydroxyl groups is 1. The Kier molecular flexibility index (Phi) is 3.19. The molecule has 3 heteroatoms. The van der Waals surface area contributed by atoms with Crippen LogP contribution in [0.25, 0.3) is 0 Å². The van der Waals surface area contributed by atoms with E-state index < -0.39 is 0 Å². The molecule has 0 saturated carbocycles. The fourth-order valence-corrected chi connectivity index (χ4v) is 1.64. The van der Waals surface area contributed by atoms with Crippen molar-refractivity contribution in [2.45, 2.75) is 13.3 Å². The Bertz CT molecular complexity index is 549. The van der Waals surface area contributed by atoms with E-state index in [9.17, 15) is 9.90 Å². The van der Waals surface area contributed by atoms with Gasteiger partial charge in [0.25, 0.3) is 0 Å². The highest BCUT2D eigenvalue weighted by atomic mass is 16.3. The third-order valence-electron chi connectivity index (χ3n) is 2.45. The molecule has 0 radical (unpaired) electrons. The average Bonchev–Trinajstić information content (AvgIpc) is 2.29. The second-order valence-electron chi connectivity index (χ2n) is 3.93. The number of carbonyl (C=O) groups excluding carboxylic acids is 1. The van der Waals surface area contributed by atoms with Gasteiger partial charge in [0, 0.05) is 12.1 Å². The van der Waals surface area contributed by atoms with Gasteiger partial charge in [0.05, 0.1) is 0 Å². The highest BCUT2D eigenvalue weighted by Crippen LogP contribution is 2.13. The Morgan fingerprint density at radius 2 is 2.00 bits per heavy atom. The van der Waals surface area contributed by atoms with Gasteiger partial charge in [-0.15, -0.1) is 0 Å². The van der Waals surface area contributed by atoms with Crippen molar-refractivity contribution in [3.05, 3.63) is 59.4 Å². The van der Waals surface area contributed by atoms with Crippen molar-refractivity contribution in [1.29, 1.82) is 0 Å².